The van der Waals surface area contributed by atoms with Crippen molar-refractivity contribution in [1.29, 1.82) is 5.26 Å². The molecule has 0 aliphatic heterocycles. The number of benzene rings is 1. The van der Waals surface area contributed by atoms with E-state index in [1.165, 1.54) is 0 Å². The summed E-state index contributed by atoms with van der Waals surface area (Å²) < 4.78 is 0. The molecule has 110 valence electrons. The molecule has 0 fully saturated rings. The van der Waals surface area contributed by atoms with E-state index < -0.39 is 0 Å². The quantitative estimate of drug-likeness (QED) is 0.816. The van der Waals surface area contributed by atoms with Crippen LogP contribution >= 0.6 is 0 Å². The second kappa shape index (κ2) is 7.85. The summed E-state index contributed by atoms with van der Waals surface area (Å²) in [6.45, 7) is 5.97. The molecule has 5 nitrogen and oxygen atoms in total. The minimum atomic E-state index is -0.357. The minimum Gasteiger partial charge on any atom is -0.325 e. The molecular formula is C16H19N3O2. The molecule has 1 rings (SSSR count). The van der Waals surface area contributed by atoms with Crippen molar-refractivity contribution in [2.75, 3.05) is 10.6 Å². The van der Waals surface area contributed by atoms with Gasteiger partial charge in [0.05, 0.1) is 6.07 Å². The summed E-state index contributed by atoms with van der Waals surface area (Å²) in [6, 6.07) is 8.50. The van der Waals surface area contributed by atoms with Crippen LogP contribution in [0.2, 0.25) is 0 Å². The summed E-state index contributed by atoms with van der Waals surface area (Å²) in [6.07, 6.45) is 1.39. The predicted octanol–water partition coefficient (Wildman–Crippen LogP) is 3.08. The van der Waals surface area contributed by atoms with Gasteiger partial charge in [-0.1, -0.05) is 19.4 Å². The number of carbonyl (C=O) groups excluding carboxylic acids is 2. The van der Waals surface area contributed by atoms with Crippen LogP contribution in [0.5, 0.6) is 0 Å². The van der Waals surface area contributed by atoms with E-state index in [2.05, 4.69) is 10.6 Å². The number of amides is 2. The average molecular weight is 285 g/mol. The summed E-state index contributed by atoms with van der Waals surface area (Å²) >= 11 is 0. The lowest BCUT2D eigenvalue weighted by atomic mass is 10.1. The van der Waals surface area contributed by atoms with Crippen molar-refractivity contribution in [2.24, 2.45) is 5.92 Å². The van der Waals surface area contributed by atoms with Gasteiger partial charge < -0.3 is 10.6 Å². The van der Waals surface area contributed by atoms with E-state index in [0.717, 1.165) is 5.57 Å². The number of hydrogen-bond donors (Lipinski definition) is 2. The number of anilines is 2. The molecule has 0 radical (unpaired) electrons. The topological polar surface area (TPSA) is 82.0 Å². The SMILES string of the molecule is C/C(=C\C(=O)Nc1ccc(NC(=O)CC#N)cc1)C(C)C. The van der Waals surface area contributed by atoms with Crippen molar-refractivity contribution in [2.45, 2.75) is 27.2 Å². The van der Waals surface area contributed by atoms with E-state index in [0.29, 0.717) is 17.3 Å². The van der Waals surface area contributed by atoms with E-state index in [1.54, 1.807) is 36.4 Å². The average Bonchev–Trinajstić information content (AvgIpc) is 2.41. The Morgan fingerprint density at radius 1 is 1.19 bits per heavy atom. The first-order chi connectivity index (χ1) is 9.92. The minimum absolute atomic E-state index is 0.178. The van der Waals surface area contributed by atoms with E-state index in [4.69, 9.17) is 5.26 Å². The molecule has 0 saturated heterocycles. The van der Waals surface area contributed by atoms with Crippen molar-refractivity contribution in [3.8, 4) is 6.07 Å². The predicted molar refractivity (Wildman–Crippen MR) is 82.5 cm³/mol. The molecule has 0 aromatic heterocycles. The van der Waals surface area contributed by atoms with Crippen LogP contribution in [0.1, 0.15) is 27.2 Å². The van der Waals surface area contributed by atoms with Crippen LogP contribution in [0, 0.1) is 17.2 Å². The molecular weight excluding hydrogens is 266 g/mol. The Morgan fingerprint density at radius 2 is 1.71 bits per heavy atom. The lowest BCUT2D eigenvalue weighted by Crippen LogP contribution is -2.11. The number of hydrogen-bond acceptors (Lipinski definition) is 3. The first-order valence-corrected chi connectivity index (χ1v) is 6.68. The second-order valence-electron chi connectivity index (χ2n) is 4.99. The smallest absolute Gasteiger partial charge is 0.248 e. The monoisotopic (exact) mass is 285 g/mol. The molecule has 0 saturated carbocycles. The zero-order chi connectivity index (χ0) is 15.8. The van der Waals surface area contributed by atoms with Gasteiger partial charge in [0.2, 0.25) is 11.8 Å². The van der Waals surface area contributed by atoms with Crippen molar-refractivity contribution in [3.63, 3.8) is 0 Å². The highest BCUT2D eigenvalue weighted by molar-refractivity contribution is 6.00. The Balaban J connectivity index is 2.63. The van der Waals surface area contributed by atoms with Crippen molar-refractivity contribution < 1.29 is 9.59 Å². The first kappa shape index (κ1) is 16.4. The standard InChI is InChI=1S/C16H19N3O2/c1-11(2)12(3)10-16(21)19-14-6-4-13(5-7-14)18-15(20)8-9-17/h4-7,10-11H,8H2,1-3H3,(H,18,20)(H,19,21)/b12-10+. The van der Waals surface area contributed by atoms with Crippen LogP contribution in [0.25, 0.3) is 0 Å². The summed E-state index contributed by atoms with van der Waals surface area (Å²) in [4.78, 5) is 23.0. The molecule has 0 aliphatic rings. The molecule has 5 heteroatoms. The van der Waals surface area contributed by atoms with E-state index in [9.17, 15) is 9.59 Å². The van der Waals surface area contributed by atoms with Gasteiger partial charge in [-0.05, 0) is 37.1 Å². The van der Waals surface area contributed by atoms with Gasteiger partial charge in [0.25, 0.3) is 0 Å². The third-order valence-corrected chi connectivity index (χ3v) is 2.95. The normalized spacial score (nSPS) is 10.9. The fourth-order valence-corrected chi connectivity index (χ4v) is 1.47. The number of allylic oxidation sites excluding steroid dienone is 1. The van der Waals surface area contributed by atoms with Gasteiger partial charge >= 0.3 is 0 Å². The van der Waals surface area contributed by atoms with Gasteiger partial charge in [-0.25, -0.2) is 0 Å². The van der Waals surface area contributed by atoms with Crippen molar-refractivity contribution in [3.05, 3.63) is 35.9 Å². The van der Waals surface area contributed by atoms with Gasteiger partial charge in [0.1, 0.15) is 6.42 Å². The number of carbonyl (C=O) groups is 2. The molecule has 0 heterocycles. The lowest BCUT2D eigenvalue weighted by Gasteiger charge is -2.07. The third kappa shape index (κ3) is 5.91. The fourth-order valence-electron chi connectivity index (χ4n) is 1.47. The highest BCUT2D eigenvalue weighted by atomic mass is 16.2. The number of rotatable bonds is 5. The van der Waals surface area contributed by atoms with Crippen molar-refractivity contribution in [1.82, 2.24) is 0 Å². The highest BCUT2D eigenvalue weighted by Crippen LogP contribution is 2.14. The molecule has 0 spiro atoms. The molecule has 0 atom stereocenters. The van der Waals surface area contributed by atoms with Crippen LogP contribution in [0.4, 0.5) is 11.4 Å². The zero-order valence-electron chi connectivity index (χ0n) is 12.4. The summed E-state index contributed by atoms with van der Waals surface area (Å²) in [7, 11) is 0. The number of nitrogens with zero attached hydrogens (tertiary/aromatic N) is 1. The van der Waals surface area contributed by atoms with Crippen LogP contribution in [0.15, 0.2) is 35.9 Å². The third-order valence-electron chi connectivity index (χ3n) is 2.95. The Hall–Kier alpha value is -2.61. The molecule has 0 bridgehead atoms. The summed E-state index contributed by atoms with van der Waals surface area (Å²) in [5.41, 5.74) is 2.24. The molecule has 2 N–H and O–H groups in total. The Morgan fingerprint density at radius 3 is 2.19 bits per heavy atom. The molecule has 2 amide bonds. The zero-order valence-corrected chi connectivity index (χ0v) is 12.4. The van der Waals surface area contributed by atoms with Gasteiger partial charge in [-0.2, -0.15) is 5.26 Å². The van der Waals surface area contributed by atoms with Gasteiger partial charge in [-0.3, -0.25) is 9.59 Å². The Bertz CT molecular complexity index is 581. The van der Waals surface area contributed by atoms with Crippen molar-refractivity contribution >= 4 is 23.2 Å². The Labute approximate surface area is 124 Å². The summed E-state index contributed by atoms with van der Waals surface area (Å²) in [5.74, 6) is -0.208. The molecule has 21 heavy (non-hydrogen) atoms. The van der Waals surface area contributed by atoms with Crippen LogP contribution in [-0.4, -0.2) is 11.8 Å². The largest absolute Gasteiger partial charge is 0.325 e. The lowest BCUT2D eigenvalue weighted by molar-refractivity contribution is -0.115. The first-order valence-electron chi connectivity index (χ1n) is 6.68. The maximum absolute atomic E-state index is 11.8. The van der Waals surface area contributed by atoms with Gasteiger partial charge in [0.15, 0.2) is 0 Å². The van der Waals surface area contributed by atoms with E-state index >= 15 is 0 Å². The molecule has 0 aliphatic carbocycles. The molecule has 1 aromatic rings. The maximum Gasteiger partial charge on any atom is 0.248 e. The Kier molecular flexibility index (Phi) is 6.15. The molecule has 1 aromatic carbocycles. The molecule has 0 unspecified atom stereocenters. The number of nitrogens with one attached hydrogen (secondary N) is 2. The van der Waals surface area contributed by atoms with E-state index in [-0.39, 0.29) is 18.2 Å². The van der Waals surface area contributed by atoms with Crippen LogP contribution in [0.3, 0.4) is 0 Å². The number of nitriles is 1. The van der Waals surface area contributed by atoms with E-state index in [1.807, 2.05) is 20.8 Å². The van der Waals surface area contributed by atoms with Crippen LogP contribution < -0.4 is 10.6 Å². The van der Waals surface area contributed by atoms with Gasteiger partial charge in [0, 0.05) is 17.5 Å². The highest BCUT2D eigenvalue weighted by Gasteiger charge is 2.04. The van der Waals surface area contributed by atoms with Crippen LogP contribution in [-0.2, 0) is 9.59 Å². The van der Waals surface area contributed by atoms with Gasteiger partial charge in [-0.15, -0.1) is 0 Å². The fraction of sp³-hybridized carbons (Fsp3) is 0.312. The maximum atomic E-state index is 11.8. The summed E-state index contributed by atoms with van der Waals surface area (Å²) in [5, 5.41) is 13.7. The second-order valence-corrected chi connectivity index (χ2v) is 4.99.